The van der Waals surface area contributed by atoms with Crippen LogP contribution in [0.4, 0.5) is 0 Å². The van der Waals surface area contributed by atoms with Crippen molar-refractivity contribution in [1.82, 2.24) is 4.72 Å². The summed E-state index contributed by atoms with van der Waals surface area (Å²) in [6.45, 7) is 1.82. The fourth-order valence-electron chi connectivity index (χ4n) is 3.41. The first-order chi connectivity index (χ1) is 12.9. The number of nitrogens with one attached hydrogen (secondary N) is 1. The lowest BCUT2D eigenvalue weighted by atomic mass is 9.82. The van der Waals surface area contributed by atoms with E-state index in [1.165, 1.54) is 0 Å². The van der Waals surface area contributed by atoms with Crippen LogP contribution in [0.1, 0.15) is 35.4 Å². The van der Waals surface area contributed by atoms with Gasteiger partial charge in [-0.1, -0.05) is 29.8 Å². The summed E-state index contributed by atoms with van der Waals surface area (Å²) in [7, 11) is -3.57. The number of aliphatic carboxylic acids is 1. The molecule has 7 heteroatoms. The van der Waals surface area contributed by atoms with Gasteiger partial charge < -0.3 is 9.84 Å². The highest BCUT2D eigenvalue weighted by molar-refractivity contribution is 7.89. The number of sulfonamides is 1. The van der Waals surface area contributed by atoms with E-state index < -0.39 is 16.0 Å². The van der Waals surface area contributed by atoms with Crippen LogP contribution >= 0.6 is 0 Å². The Balaban J connectivity index is 1.75. The van der Waals surface area contributed by atoms with Crippen molar-refractivity contribution >= 4 is 16.0 Å². The van der Waals surface area contributed by atoms with Crippen LogP contribution in [0.2, 0.25) is 0 Å². The SMILES string of the molecule is Cc1ccc(S(=O)(=O)NCC2CCCc3c(OCC(=O)O)cccc32)cc1. The standard InChI is InChI=1S/C20H23NO5S/c1-14-8-10-16(11-9-14)27(24,25)21-12-15-4-2-6-18-17(15)5-3-7-19(18)26-13-20(22)23/h3,5,7-11,15,21H,2,4,6,12-13H2,1H3,(H,22,23). The molecule has 0 aliphatic heterocycles. The maximum Gasteiger partial charge on any atom is 0.341 e. The molecule has 0 radical (unpaired) electrons. The minimum Gasteiger partial charge on any atom is -0.482 e. The number of fused-ring (bicyclic) bond motifs is 1. The molecule has 0 spiro atoms. The molecule has 0 heterocycles. The third-order valence-corrected chi connectivity index (χ3v) is 6.23. The summed E-state index contributed by atoms with van der Waals surface area (Å²) in [4.78, 5) is 11.0. The number of ether oxygens (including phenoxy) is 1. The largest absolute Gasteiger partial charge is 0.482 e. The highest BCUT2D eigenvalue weighted by Gasteiger charge is 2.25. The lowest BCUT2D eigenvalue weighted by Crippen LogP contribution is -2.30. The maximum absolute atomic E-state index is 12.5. The number of rotatable bonds is 7. The Kier molecular flexibility index (Phi) is 5.82. The minimum absolute atomic E-state index is 0.0300. The Labute approximate surface area is 159 Å². The Bertz CT molecular complexity index is 922. The van der Waals surface area contributed by atoms with E-state index in [2.05, 4.69) is 4.72 Å². The van der Waals surface area contributed by atoms with E-state index in [0.717, 1.165) is 36.0 Å². The molecule has 144 valence electrons. The van der Waals surface area contributed by atoms with Crippen LogP contribution in [0.25, 0.3) is 0 Å². The first-order valence-electron chi connectivity index (χ1n) is 8.89. The number of benzene rings is 2. The van der Waals surface area contributed by atoms with Gasteiger partial charge in [0.05, 0.1) is 4.90 Å². The quantitative estimate of drug-likeness (QED) is 0.760. The summed E-state index contributed by atoms with van der Waals surface area (Å²) in [6, 6.07) is 12.3. The highest BCUT2D eigenvalue weighted by Crippen LogP contribution is 2.36. The van der Waals surface area contributed by atoms with E-state index in [1.807, 2.05) is 19.1 Å². The number of hydrogen-bond donors (Lipinski definition) is 2. The van der Waals surface area contributed by atoms with Gasteiger partial charge in [0.25, 0.3) is 0 Å². The van der Waals surface area contributed by atoms with Gasteiger partial charge in [-0.15, -0.1) is 0 Å². The Hall–Kier alpha value is -2.38. The van der Waals surface area contributed by atoms with Crippen molar-refractivity contribution in [1.29, 1.82) is 0 Å². The van der Waals surface area contributed by atoms with Crippen LogP contribution in [0, 0.1) is 6.92 Å². The summed E-state index contributed by atoms with van der Waals surface area (Å²) in [5.41, 5.74) is 3.00. The fourth-order valence-corrected chi connectivity index (χ4v) is 4.49. The van der Waals surface area contributed by atoms with Gasteiger partial charge in [0.15, 0.2) is 6.61 Å². The molecule has 6 nitrogen and oxygen atoms in total. The molecule has 2 N–H and O–H groups in total. The fraction of sp³-hybridized carbons (Fsp3) is 0.350. The van der Waals surface area contributed by atoms with Gasteiger partial charge in [-0.25, -0.2) is 17.9 Å². The molecule has 2 aromatic rings. The molecule has 1 atom stereocenters. The predicted octanol–water partition coefficient (Wildman–Crippen LogP) is 2.86. The Morgan fingerprint density at radius 3 is 2.67 bits per heavy atom. The van der Waals surface area contributed by atoms with Crippen molar-refractivity contribution in [2.24, 2.45) is 0 Å². The smallest absolute Gasteiger partial charge is 0.341 e. The van der Waals surface area contributed by atoms with Crippen molar-refractivity contribution in [3.8, 4) is 5.75 Å². The van der Waals surface area contributed by atoms with E-state index in [9.17, 15) is 13.2 Å². The van der Waals surface area contributed by atoms with Crippen molar-refractivity contribution in [3.63, 3.8) is 0 Å². The summed E-state index contributed by atoms with van der Waals surface area (Å²) < 4.78 is 33.2. The number of carboxylic acid groups (broad SMARTS) is 1. The summed E-state index contributed by atoms with van der Waals surface area (Å²) in [6.07, 6.45) is 2.56. The van der Waals surface area contributed by atoms with Crippen LogP contribution in [-0.2, 0) is 21.2 Å². The lowest BCUT2D eigenvalue weighted by molar-refractivity contribution is -0.139. The van der Waals surface area contributed by atoms with Gasteiger partial charge >= 0.3 is 5.97 Å². The van der Waals surface area contributed by atoms with Crippen LogP contribution < -0.4 is 9.46 Å². The normalized spacial score (nSPS) is 16.6. The molecule has 0 aromatic heterocycles. The zero-order valence-electron chi connectivity index (χ0n) is 15.1. The highest BCUT2D eigenvalue weighted by atomic mass is 32.2. The van der Waals surface area contributed by atoms with E-state index >= 15 is 0 Å². The molecule has 0 amide bonds. The first kappa shape index (κ1) is 19.4. The average molecular weight is 389 g/mol. The molecule has 1 unspecified atom stereocenters. The predicted molar refractivity (Wildman–Crippen MR) is 102 cm³/mol. The summed E-state index contributed by atoms with van der Waals surface area (Å²) >= 11 is 0. The van der Waals surface area contributed by atoms with Crippen molar-refractivity contribution < 1.29 is 23.1 Å². The van der Waals surface area contributed by atoms with E-state index in [1.54, 1.807) is 30.3 Å². The van der Waals surface area contributed by atoms with E-state index in [-0.39, 0.29) is 17.4 Å². The van der Waals surface area contributed by atoms with Crippen molar-refractivity contribution in [2.75, 3.05) is 13.2 Å². The van der Waals surface area contributed by atoms with Gasteiger partial charge in [-0.05, 0) is 61.4 Å². The molecular formula is C20H23NO5S. The second-order valence-corrected chi connectivity index (χ2v) is 8.53. The Morgan fingerprint density at radius 1 is 1.22 bits per heavy atom. The van der Waals surface area contributed by atoms with Crippen molar-refractivity contribution in [3.05, 3.63) is 59.2 Å². The molecule has 0 bridgehead atoms. The minimum atomic E-state index is -3.57. The number of carboxylic acids is 1. The second-order valence-electron chi connectivity index (χ2n) is 6.76. The van der Waals surface area contributed by atoms with Crippen LogP contribution in [0.5, 0.6) is 5.75 Å². The monoisotopic (exact) mass is 389 g/mol. The van der Waals surface area contributed by atoms with Gasteiger partial charge in [0.1, 0.15) is 5.75 Å². The molecular weight excluding hydrogens is 366 g/mol. The maximum atomic E-state index is 12.5. The molecule has 0 saturated heterocycles. The third-order valence-electron chi connectivity index (χ3n) is 4.79. The van der Waals surface area contributed by atoms with Gasteiger partial charge in [-0.3, -0.25) is 0 Å². The number of aryl methyl sites for hydroxylation is 1. The van der Waals surface area contributed by atoms with Crippen molar-refractivity contribution in [2.45, 2.75) is 37.0 Å². The second kappa shape index (κ2) is 8.10. The summed E-state index contributed by atoms with van der Waals surface area (Å²) in [5, 5.41) is 8.83. The zero-order chi connectivity index (χ0) is 19.4. The van der Waals surface area contributed by atoms with Crippen LogP contribution in [0.15, 0.2) is 47.4 Å². The topological polar surface area (TPSA) is 92.7 Å². The average Bonchev–Trinajstić information content (AvgIpc) is 2.65. The Morgan fingerprint density at radius 2 is 1.96 bits per heavy atom. The van der Waals surface area contributed by atoms with Gasteiger partial charge in [-0.2, -0.15) is 0 Å². The van der Waals surface area contributed by atoms with Gasteiger partial charge in [0.2, 0.25) is 10.0 Å². The van der Waals surface area contributed by atoms with Crippen LogP contribution in [0.3, 0.4) is 0 Å². The van der Waals surface area contributed by atoms with Crippen LogP contribution in [-0.4, -0.2) is 32.6 Å². The molecule has 27 heavy (non-hydrogen) atoms. The number of hydrogen-bond acceptors (Lipinski definition) is 4. The molecule has 2 aromatic carbocycles. The van der Waals surface area contributed by atoms with E-state index in [4.69, 9.17) is 9.84 Å². The summed E-state index contributed by atoms with van der Waals surface area (Å²) in [5.74, 6) is -0.422. The molecule has 0 saturated carbocycles. The molecule has 1 aliphatic carbocycles. The lowest BCUT2D eigenvalue weighted by Gasteiger charge is -2.27. The van der Waals surface area contributed by atoms with Gasteiger partial charge in [0, 0.05) is 6.54 Å². The third kappa shape index (κ3) is 4.67. The first-order valence-corrected chi connectivity index (χ1v) is 10.4. The van der Waals surface area contributed by atoms with E-state index in [0.29, 0.717) is 12.3 Å². The molecule has 0 fully saturated rings. The number of carbonyl (C=O) groups is 1. The molecule has 3 rings (SSSR count). The zero-order valence-corrected chi connectivity index (χ0v) is 16.0. The molecule has 1 aliphatic rings.